The number of para-hydroxylation sites is 1. The smallest absolute Gasteiger partial charge is 0.387 e. The van der Waals surface area contributed by atoms with E-state index in [1.165, 1.54) is 30.3 Å². The van der Waals surface area contributed by atoms with E-state index in [0.29, 0.717) is 4.90 Å². The van der Waals surface area contributed by atoms with E-state index in [9.17, 15) is 26.8 Å². The fourth-order valence-corrected chi connectivity index (χ4v) is 4.67. The van der Waals surface area contributed by atoms with Gasteiger partial charge in [0.15, 0.2) is 16.0 Å². The van der Waals surface area contributed by atoms with Gasteiger partial charge in [0.2, 0.25) is 0 Å². The predicted molar refractivity (Wildman–Crippen MR) is 105 cm³/mol. The van der Waals surface area contributed by atoms with Crippen LogP contribution in [0.5, 0.6) is 5.75 Å². The molecule has 0 saturated carbocycles. The third-order valence-electron chi connectivity index (χ3n) is 3.81. The van der Waals surface area contributed by atoms with Crippen LogP contribution in [-0.2, 0) is 20.4 Å². The van der Waals surface area contributed by atoms with Gasteiger partial charge in [0.05, 0.1) is 16.4 Å². The number of nitriles is 1. The highest BCUT2D eigenvalue weighted by Crippen LogP contribution is 2.23. The monoisotopic (exact) mass is 457 g/mol. The van der Waals surface area contributed by atoms with Crippen molar-refractivity contribution in [2.24, 2.45) is 0 Å². The lowest BCUT2D eigenvalue weighted by molar-refractivity contribution is -0.128. The molecular formula is C18H17F2N3O5S2. The fraction of sp³-hybridized carbons (Fsp3) is 0.278. The van der Waals surface area contributed by atoms with Crippen molar-refractivity contribution in [3.8, 4) is 11.9 Å². The number of nitrogens with one attached hydrogen (secondary N) is 1. The van der Waals surface area contributed by atoms with Crippen molar-refractivity contribution in [2.75, 3.05) is 12.8 Å². The third-order valence-corrected chi connectivity index (χ3v) is 6.27. The van der Waals surface area contributed by atoms with Crippen molar-refractivity contribution in [1.82, 2.24) is 10.2 Å². The Morgan fingerprint density at radius 2 is 1.97 bits per heavy atom. The molecule has 1 N–H and O–H groups in total. The molecule has 1 heterocycles. The van der Waals surface area contributed by atoms with E-state index in [1.54, 1.807) is 17.6 Å². The summed E-state index contributed by atoms with van der Waals surface area (Å²) < 4.78 is 54.8. The molecule has 2 aromatic rings. The van der Waals surface area contributed by atoms with E-state index < -0.39 is 45.8 Å². The average molecular weight is 457 g/mol. The highest BCUT2D eigenvalue weighted by molar-refractivity contribution is 7.90. The average Bonchev–Trinajstić information content (AvgIpc) is 3.22. The van der Waals surface area contributed by atoms with Gasteiger partial charge in [0, 0.05) is 12.6 Å². The molecule has 30 heavy (non-hydrogen) atoms. The van der Waals surface area contributed by atoms with Gasteiger partial charge in [0.1, 0.15) is 11.8 Å². The molecule has 8 nitrogen and oxygen atoms in total. The van der Waals surface area contributed by atoms with Crippen LogP contribution in [0.25, 0.3) is 0 Å². The van der Waals surface area contributed by atoms with Gasteiger partial charge < -0.3 is 10.1 Å². The van der Waals surface area contributed by atoms with E-state index in [1.807, 2.05) is 0 Å². The van der Waals surface area contributed by atoms with Crippen LogP contribution in [0.4, 0.5) is 8.78 Å². The topological polar surface area (TPSA) is 117 Å². The Morgan fingerprint density at radius 1 is 1.27 bits per heavy atom. The molecule has 1 aromatic carbocycles. The summed E-state index contributed by atoms with van der Waals surface area (Å²) in [5, 5.41) is 12.9. The quantitative estimate of drug-likeness (QED) is 0.455. The van der Waals surface area contributed by atoms with E-state index >= 15 is 0 Å². The number of halogens is 2. The Bertz CT molecular complexity index is 1040. The van der Waals surface area contributed by atoms with Gasteiger partial charge in [-0.25, -0.2) is 8.42 Å². The Labute approximate surface area is 175 Å². The molecule has 0 bridgehead atoms. The van der Waals surface area contributed by atoms with Gasteiger partial charge in [-0.2, -0.15) is 14.0 Å². The van der Waals surface area contributed by atoms with Crippen molar-refractivity contribution in [1.29, 1.82) is 5.26 Å². The third kappa shape index (κ3) is 6.50. The first-order chi connectivity index (χ1) is 14.1. The van der Waals surface area contributed by atoms with E-state index in [4.69, 9.17) is 5.26 Å². The molecule has 0 aliphatic rings. The summed E-state index contributed by atoms with van der Waals surface area (Å²) in [5.41, 5.74) is -0.0257. The number of rotatable bonds is 9. The van der Waals surface area contributed by atoms with Gasteiger partial charge >= 0.3 is 6.61 Å². The van der Waals surface area contributed by atoms with Crippen LogP contribution in [0.1, 0.15) is 15.2 Å². The number of likely N-dealkylation sites (N-methyl/N-ethyl adjacent to an activating group) is 1. The number of amides is 2. The second-order valence-electron chi connectivity index (χ2n) is 6.04. The molecular weight excluding hydrogens is 440 g/mol. The predicted octanol–water partition coefficient (Wildman–Crippen LogP) is 2.00. The molecule has 0 unspecified atom stereocenters. The highest BCUT2D eigenvalue weighted by atomic mass is 32.2. The highest BCUT2D eigenvalue weighted by Gasteiger charge is 2.31. The summed E-state index contributed by atoms with van der Waals surface area (Å²) in [6, 6.07) is 6.91. The minimum Gasteiger partial charge on any atom is -0.435 e. The molecule has 0 saturated heterocycles. The lowest BCUT2D eigenvalue weighted by Crippen LogP contribution is -2.49. The van der Waals surface area contributed by atoms with E-state index in [2.05, 4.69) is 10.1 Å². The molecule has 1 atom stereocenters. The van der Waals surface area contributed by atoms with E-state index in [0.717, 1.165) is 18.4 Å². The van der Waals surface area contributed by atoms with Crippen LogP contribution in [0.3, 0.4) is 0 Å². The molecule has 2 amide bonds. The normalized spacial score (nSPS) is 12.1. The maximum absolute atomic E-state index is 12.7. The Kier molecular flexibility index (Phi) is 7.85. The summed E-state index contributed by atoms with van der Waals surface area (Å²) in [4.78, 5) is 25.6. The number of carbonyl (C=O) groups excluding carboxylic acids is 2. The van der Waals surface area contributed by atoms with Crippen LogP contribution >= 0.6 is 11.3 Å². The van der Waals surface area contributed by atoms with Crippen molar-refractivity contribution in [3.63, 3.8) is 0 Å². The molecule has 0 radical (unpaired) electrons. The zero-order valence-corrected chi connectivity index (χ0v) is 17.3. The number of hydrogen-bond donors (Lipinski definition) is 1. The number of sulfone groups is 1. The van der Waals surface area contributed by atoms with Gasteiger partial charge in [-0.3, -0.25) is 14.5 Å². The Balaban J connectivity index is 2.24. The molecule has 0 spiro atoms. The minimum absolute atomic E-state index is 0.0257. The molecule has 0 aliphatic carbocycles. The van der Waals surface area contributed by atoms with Gasteiger partial charge in [-0.15, -0.1) is 11.3 Å². The molecule has 2 rings (SSSR count). The Morgan fingerprint density at radius 3 is 2.57 bits per heavy atom. The standard InChI is InChI=1S/C18H17F2N3O5S2/c1-23(11-21)17(25)13(22-16(24)15-7-4-8-29-15)10-30(26,27)9-12-5-2-3-6-14(12)28-18(19)20/h2-8,13,18H,9-10H2,1H3,(H,22,24)/t13-/m0/s1. The number of hydrogen-bond acceptors (Lipinski definition) is 7. The minimum atomic E-state index is -4.09. The number of ether oxygens (including phenoxy) is 1. The van der Waals surface area contributed by atoms with Crippen molar-refractivity contribution in [2.45, 2.75) is 18.4 Å². The van der Waals surface area contributed by atoms with Crippen LogP contribution in [0, 0.1) is 11.5 Å². The van der Waals surface area contributed by atoms with Gasteiger partial charge in [-0.05, 0) is 17.5 Å². The molecule has 1 aromatic heterocycles. The summed E-state index contributed by atoms with van der Waals surface area (Å²) in [5.74, 6) is -3.45. The number of benzene rings is 1. The van der Waals surface area contributed by atoms with E-state index in [-0.39, 0.29) is 16.2 Å². The fourth-order valence-electron chi connectivity index (χ4n) is 2.48. The maximum Gasteiger partial charge on any atom is 0.387 e. The SMILES string of the molecule is CN(C#N)C(=O)[C@H](CS(=O)(=O)Cc1ccccc1OC(F)F)NC(=O)c1cccs1. The van der Waals surface area contributed by atoms with Gasteiger partial charge in [-0.1, -0.05) is 24.3 Å². The lowest BCUT2D eigenvalue weighted by atomic mass is 10.2. The second kappa shape index (κ2) is 10.1. The van der Waals surface area contributed by atoms with Crippen LogP contribution in [-0.4, -0.2) is 50.6 Å². The first-order valence-electron chi connectivity index (χ1n) is 8.37. The molecule has 12 heteroatoms. The number of alkyl halides is 2. The Hall–Kier alpha value is -3.04. The summed E-state index contributed by atoms with van der Waals surface area (Å²) in [7, 11) is -2.96. The second-order valence-corrected chi connectivity index (χ2v) is 9.10. The van der Waals surface area contributed by atoms with Crippen molar-refractivity contribution >= 4 is 33.0 Å². The van der Waals surface area contributed by atoms with Crippen LogP contribution in [0.15, 0.2) is 41.8 Å². The molecule has 0 fully saturated rings. The number of carbonyl (C=O) groups is 2. The molecule has 160 valence electrons. The summed E-state index contributed by atoms with van der Waals surface area (Å²) >= 11 is 1.09. The van der Waals surface area contributed by atoms with Crippen LogP contribution in [0.2, 0.25) is 0 Å². The zero-order valence-electron chi connectivity index (χ0n) is 15.6. The zero-order chi connectivity index (χ0) is 22.3. The first kappa shape index (κ1) is 23.2. The van der Waals surface area contributed by atoms with Crippen LogP contribution < -0.4 is 10.1 Å². The maximum atomic E-state index is 12.7. The first-order valence-corrected chi connectivity index (χ1v) is 11.1. The van der Waals surface area contributed by atoms with Crippen molar-refractivity contribution in [3.05, 3.63) is 52.2 Å². The number of thiophene rings is 1. The summed E-state index contributed by atoms with van der Waals surface area (Å²) in [6.07, 6.45) is 1.56. The number of nitrogens with zero attached hydrogens (tertiary/aromatic N) is 2. The summed E-state index contributed by atoms with van der Waals surface area (Å²) in [6.45, 7) is -3.14. The van der Waals surface area contributed by atoms with Crippen molar-refractivity contribution < 1.29 is 31.5 Å². The lowest BCUT2D eigenvalue weighted by Gasteiger charge is -2.20. The largest absolute Gasteiger partial charge is 0.435 e. The van der Waals surface area contributed by atoms with Gasteiger partial charge in [0.25, 0.3) is 11.8 Å². The molecule has 0 aliphatic heterocycles.